The Balaban J connectivity index is 1.47. The summed E-state index contributed by atoms with van der Waals surface area (Å²) >= 11 is 0. The molecule has 1 saturated carbocycles. The molecular formula is C20H20N4O3. The second-order valence-electron chi connectivity index (χ2n) is 7.06. The van der Waals surface area contributed by atoms with Crippen LogP contribution in [0, 0.1) is 0 Å². The van der Waals surface area contributed by atoms with Gasteiger partial charge in [-0.25, -0.2) is 4.79 Å². The third-order valence-electron chi connectivity index (χ3n) is 5.30. The summed E-state index contributed by atoms with van der Waals surface area (Å²) in [5, 5.41) is 2.82. The van der Waals surface area contributed by atoms with Crippen molar-refractivity contribution in [1.82, 2.24) is 20.2 Å². The van der Waals surface area contributed by atoms with Gasteiger partial charge in [0.05, 0.1) is 12.2 Å². The number of amides is 3. The van der Waals surface area contributed by atoms with Crippen LogP contribution in [0.4, 0.5) is 4.79 Å². The highest BCUT2D eigenvalue weighted by Gasteiger charge is 2.51. The number of pyridine rings is 2. The number of aromatic nitrogens is 2. The Labute approximate surface area is 156 Å². The zero-order chi connectivity index (χ0) is 18.9. The molecule has 0 aromatic carbocycles. The lowest BCUT2D eigenvalue weighted by atomic mass is 9.82. The lowest BCUT2D eigenvalue weighted by molar-refractivity contribution is -0.132. The normalized spacial score (nSPS) is 18.6. The third kappa shape index (κ3) is 3.20. The van der Waals surface area contributed by atoms with Crippen LogP contribution in [0.15, 0.2) is 42.9 Å². The maximum Gasteiger partial charge on any atom is 0.325 e. The monoisotopic (exact) mass is 364 g/mol. The van der Waals surface area contributed by atoms with Crippen LogP contribution >= 0.6 is 0 Å². The van der Waals surface area contributed by atoms with Crippen molar-refractivity contribution in [2.24, 2.45) is 0 Å². The first-order chi connectivity index (χ1) is 13.1. The largest absolute Gasteiger partial charge is 0.325 e. The van der Waals surface area contributed by atoms with E-state index in [0.717, 1.165) is 29.7 Å². The van der Waals surface area contributed by atoms with Gasteiger partial charge in [-0.1, -0.05) is 19.3 Å². The summed E-state index contributed by atoms with van der Waals surface area (Å²) in [4.78, 5) is 47.0. The third-order valence-corrected chi connectivity index (χ3v) is 5.30. The van der Waals surface area contributed by atoms with Gasteiger partial charge >= 0.3 is 6.03 Å². The number of carbonyl (C=O) groups excluding carboxylic acids is 3. The fourth-order valence-electron chi connectivity index (χ4n) is 3.79. The number of imide groups is 1. The van der Waals surface area contributed by atoms with Crippen molar-refractivity contribution in [2.75, 3.05) is 6.54 Å². The van der Waals surface area contributed by atoms with Gasteiger partial charge < -0.3 is 5.32 Å². The number of ketones is 1. The standard InChI is InChI=1S/C20H20N4O3/c25-17(15-6-7-16(22-12-15)14-5-4-10-21-11-14)13-24-18(26)20(23-19(24)27)8-2-1-3-9-20/h4-7,10-12H,1-3,8-9,13H2,(H,23,27). The van der Waals surface area contributed by atoms with Crippen molar-refractivity contribution in [3.63, 3.8) is 0 Å². The molecule has 2 fully saturated rings. The molecule has 7 nitrogen and oxygen atoms in total. The molecule has 0 radical (unpaired) electrons. The smallest absolute Gasteiger partial charge is 0.323 e. The molecule has 0 unspecified atom stereocenters. The van der Waals surface area contributed by atoms with Crippen LogP contribution in [-0.4, -0.2) is 44.7 Å². The van der Waals surface area contributed by atoms with Gasteiger partial charge in [-0.15, -0.1) is 0 Å². The summed E-state index contributed by atoms with van der Waals surface area (Å²) < 4.78 is 0. The van der Waals surface area contributed by atoms with Crippen molar-refractivity contribution in [3.05, 3.63) is 48.4 Å². The van der Waals surface area contributed by atoms with Gasteiger partial charge in [-0.05, 0) is 37.1 Å². The van der Waals surface area contributed by atoms with E-state index in [0.29, 0.717) is 24.1 Å². The van der Waals surface area contributed by atoms with Crippen LogP contribution in [0.5, 0.6) is 0 Å². The summed E-state index contributed by atoms with van der Waals surface area (Å²) in [5.74, 6) is -0.586. The quantitative estimate of drug-likeness (QED) is 0.665. The fourth-order valence-corrected chi connectivity index (χ4v) is 3.79. The molecule has 3 heterocycles. The lowest BCUT2D eigenvalue weighted by Gasteiger charge is -2.30. The average molecular weight is 364 g/mol. The van der Waals surface area contributed by atoms with E-state index < -0.39 is 11.6 Å². The number of carbonyl (C=O) groups is 3. The number of nitrogens with zero attached hydrogens (tertiary/aromatic N) is 3. The number of nitrogens with one attached hydrogen (secondary N) is 1. The van der Waals surface area contributed by atoms with Gasteiger partial charge in [-0.2, -0.15) is 0 Å². The Morgan fingerprint density at radius 3 is 2.59 bits per heavy atom. The van der Waals surface area contributed by atoms with Gasteiger partial charge in [0.2, 0.25) is 0 Å². The number of hydrogen-bond acceptors (Lipinski definition) is 5. The number of hydrogen-bond donors (Lipinski definition) is 1. The molecule has 2 aromatic heterocycles. The molecule has 1 spiro atoms. The minimum atomic E-state index is -0.808. The second kappa shape index (κ2) is 6.90. The molecule has 2 aromatic rings. The van der Waals surface area contributed by atoms with E-state index in [-0.39, 0.29) is 18.2 Å². The zero-order valence-corrected chi connectivity index (χ0v) is 14.9. The van der Waals surface area contributed by atoms with Crippen molar-refractivity contribution < 1.29 is 14.4 Å². The summed E-state index contributed by atoms with van der Waals surface area (Å²) in [6, 6.07) is 6.61. The molecule has 1 aliphatic heterocycles. The topological polar surface area (TPSA) is 92.3 Å². The molecule has 7 heteroatoms. The van der Waals surface area contributed by atoms with E-state index in [9.17, 15) is 14.4 Å². The van der Waals surface area contributed by atoms with E-state index >= 15 is 0 Å². The molecule has 3 amide bonds. The van der Waals surface area contributed by atoms with Crippen LogP contribution in [0.3, 0.4) is 0 Å². The molecule has 1 N–H and O–H groups in total. The minimum absolute atomic E-state index is 0.264. The zero-order valence-electron chi connectivity index (χ0n) is 14.9. The van der Waals surface area contributed by atoms with Crippen molar-refractivity contribution in [1.29, 1.82) is 0 Å². The van der Waals surface area contributed by atoms with E-state index in [2.05, 4.69) is 15.3 Å². The first-order valence-corrected chi connectivity index (χ1v) is 9.13. The molecular weight excluding hydrogens is 344 g/mol. The number of urea groups is 1. The Kier molecular flexibility index (Phi) is 4.43. The van der Waals surface area contributed by atoms with E-state index in [1.165, 1.54) is 6.20 Å². The van der Waals surface area contributed by atoms with Gasteiger partial charge in [0, 0.05) is 29.7 Å². The molecule has 0 atom stereocenters. The Morgan fingerprint density at radius 2 is 1.93 bits per heavy atom. The van der Waals surface area contributed by atoms with E-state index in [4.69, 9.17) is 0 Å². The number of rotatable bonds is 4. The highest BCUT2D eigenvalue weighted by atomic mass is 16.2. The predicted molar refractivity (Wildman–Crippen MR) is 97.9 cm³/mol. The predicted octanol–water partition coefficient (Wildman–Crippen LogP) is 2.58. The molecule has 138 valence electrons. The Hall–Kier alpha value is -3.09. The summed E-state index contributed by atoms with van der Waals surface area (Å²) in [5.41, 5.74) is 1.12. The Bertz CT molecular complexity index is 874. The second-order valence-corrected chi connectivity index (χ2v) is 7.06. The lowest BCUT2D eigenvalue weighted by Crippen LogP contribution is -2.48. The highest BCUT2D eigenvalue weighted by molar-refractivity contribution is 6.11. The van der Waals surface area contributed by atoms with Crippen molar-refractivity contribution in [2.45, 2.75) is 37.6 Å². The van der Waals surface area contributed by atoms with Gasteiger partial charge in [-0.3, -0.25) is 24.5 Å². The van der Waals surface area contributed by atoms with Crippen molar-refractivity contribution in [3.8, 4) is 11.3 Å². The molecule has 0 bridgehead atoms. The maximum atomic E-state index is 12.8. The molecule has 4 rings (SSSR count). The minimum Gasteiger partial charge on any atom is -0.323 e. The summed E-state index contributed by atoms with van der Waals surface area (Å²) in [6.45, 7) is -0.264. The van der Waals surface area contributed by atoms with Crippen LogP contribution in [0.25, 0.3) is 11.3 Å². The van der Waals surface area contributed by atoms with Crippen LogP contribution in [0.1, 0.15) is 42.5 Å². The van der Waals surface area contributed by atoms with Gasteiger partial charge in [0.15, 0.2) is 5.78 Å². The first-order valence-electron chi connectivity index (χ1n) is 9.13. The summed E-state index contributed by atoms with van der Waals surface area (Å²) in [7, 11) is 0. The van der Waals surface area contributed by atoms with E-state index in [1.807, 2.05) is 12.1 Å². The van der Waals surface area contributed by atoms with Crippen LogP contribution < -0.4 is 5.32 Å². The van der Waals surface area contributed by atoms with E-state index in [1.54, 1.807) is 24.5 Å². The number of Topliss-reactive ketones (excluding diaryl/α,β-unsaturated/α-hetero) is 1. The molecule has 1 saturated heterocycles. The Morgan fingerprint density at radius 1 is 1.11 bits per heavy atom. The van der Waals surface area contributed by atoms with Crippen LogP contribution in [-0.2, 0) is 4.79 Å². The summed E-state index contributed by atoms with van der Waals surface area (Å²) in [6.07, 6.45) is 9.02. The van der Waals surface area contributed by atoms with Gasteiger partial charge in [0.25, 0.3) is 5.91 Å². The fraction of sp³-hybridized carbons (Fsp3) is 0.350. The average Bonchev–Trinajstić information content (AvgIpc) is 2.93. The molecule has 27 heavy (non-hydrogen) atoms. The SMILES string of the molecule is O=C(CN1C(=O)NC2(CCCCC2)C1=O)c1ccc(-c2cccnc2)nc1. The highest BCUT2D eigenvalue weighted by Crippen LogP contribution is 2.33. The molecule has 1 aliphatic carbocycles. The first kappa shape index (κ1) is 17.3. The molecule has 2 aliphatic rings. The van der Waals surface area contributed by atoms with Gasteiger partial charge in [0.1, 0.15) is 5.54 Å². The maximum absolute atomic E-state index is 12.8. The van der Waals surface area contributed by atoms with Crippen LogP contribution in [0.2, 0.25) is 0 Å². The van der Waals surface area contributed by atoms with Crippen molar-refractivity contribution >= 4 is 17.7 Å².